The highest BCUT2D eigenvalue weighted by molar-refractivity contribution is 6.10. The molecule has 0 aliphatic carbocycles. The van der Waals surface area contributed by atoms with Gasteiger partial charge in [0.05, 0.1) is 12.8 Å². The molecule has 146 valence electrons. The first-order chi connectivity index (χ1) is 13.5. The summed E-state index contributed by atoms with van der Waals surface area (Å²) in [5, 5.41) is 5.50. The molecule has 1 atom stereocenters. The summed E-state index contributed by atoms with van der Waals surface area (Å²) >= 11 is 0. The Labute approximate surface area is 163 Å². The molecule has 1 aliphatic rings. The molecule has 0 bridgehead atoms. The largest absolute Gasteiger partial charge is 0.495 e. The minimum Gasteiger partial charge on any atom is -0.495 e. The lowest BCUT2D eigenvalue weighted by atomic mass is 9.85. The zero-order valence-electron chi connectivity index (χ0n) is 15.9. The fourth-order valence-electron chi connectivity index (χ4n) is 3.46. The number of amides is 4. The van der Waals surface area contributed by atoms with Gasteiger partial charge in [0.25, 0.3) is 5.91 Å². The predicted molar refractivity (Wildman–Crippen MR) is 105 cm³/mol. The van der Waals surface area contributed by atoms with Crippen LogP contribution >= 0.6 is 0 Å². The SMILES string of the molecule is CCC[C@@]1(c2ccccc2)NC(=O)N(CC(=O)Nc2ccccc2OC)C1=O. The molecule has 4 amide bonds. The van der Waals surface area contributed by atoms with Crippen LogP contribution in [0.5, 0.6) is 5.75 Å². The lowest BCUT2D eigenvalue weighted by molar-refractivity contribution is -0.134. The van der Waals surface area contributed by atoms with Crippen LogP contribution in [0.15, 0.2) is 54.6 Å². The Morgan fingerprint density at radius 1 is 1.11 bits per heavy atom. The van der Waals surface area contributed by atoms with Gasteiger partial charge in [0.15, 0.2) is 0 Å². The lowest BCUT2D eigenvalue weighted by Crippen LogP contribution is -2.44. The number of nitrogens with zero attached hydrogens (tertiary/aromatic N) is 1. The Morgan fingerprint density at radius 2 is 1.79 bits per heavy atom. The summed E-state index contributed by atoms with van der Waals surface area (Å²) < 4.78 is 5.21. The van der Waals surface area contributed by atoms with Crippen LogP contribution in [-0.2, 0) is 15.1 Å². The van der Waals surface area contributed by atoms with E-state index >= 15 is 0 Å². The summed E-state index contributed by atoms with van der Waals surface area (Å²) in [5.41, 5.74) is 0.0467. The molecule has 0 saturated carbocycles. The van der Waals surface area contributed by atoms with Crippen LogP contribution in [0.3, 0.4) is 0 Å². The van der Waals surface area contributed by atoms with Crippen LogP contribution in [-0.4, -0.2) is 36.4 Å². The van der Waals surface area contributed by atoms with E-state index in [-0.39, 0.29) is 6.54 Å². The molecule has 1 heterocycles. The minimum atomic E-state index is -1.14. The Hall–Kier alpha value is -3.35. The lowest BCUT2D eigenvalue weighted by Gasteiger charge is -2.26. The summed E-state index contributed by atoms with van der Waals surface area (Å²) in [5.74, 6) is -0.397. The topological polar surface area (TPSA) is 87.7 Å². The van der Waals surface area contributed by atoms with Crippen molar-refractivity contribution in [1.82, 2.24) is 10.2 Å². The van der Waals surface area contributed by atoms with Gasteiger partial charge in [0.2, 0.25) is 5.91 Å². The average molecular weight is 381 g/mol. The molecule has 1 fully saturated rings. The zero-order chi connectivity index (χ0) is 20.1. The monoisotopic (exact) mass is 381 g/mol. The molecule has 7 nitrogen and oxygen atoms in total. The number of nitrogens with one attached hydrogen (secondary N) is 2. The van der Waals surface area contributed by atoms with E-state index in [1.165, 1.54) is 7.11 Å². The van der Waals surface area contributed by atoms with Crippen LogP contribution in [0.25, 0.3) is 0 Å². The second-order valence-electron chi connectivity index (χ2n) is 6.59. The average Bonchev–Trinajstić information content (AvgIpc) is 2.94. The molecule has 0 aromatic heterocycles. The summed E-state index contributed by atoms with van der Waals surface area (Å²) in [4.78, 5) is 39.2. The van der Waals surface area contributed by atoms with E-state index in [2.05, 4.69) is 10.6 Å². The first kappa shape index (κ1) is 19.4. The molecule has 0 radical (unpaired) electrons. The van der Waals surface area contributed by atoms with Crippen LogP contribution in [0.2, 0.25) is 0 Å². The Bertz CT molecular complexity index is 884. The van der Waals surface area contributed by atoms with E-state index in [0.29, 0.717) is 29.8 Å². The van der Waals surface area contributed by atoms with Gasteiger partial charge in [-0.3, -0.25) is 14.5 Å². The van der Waals surface area contributed by atoms with Gasteiger partial charge in [-0.15, -0.1) is 0 Å². The van der Waals surface area contributed by atoms with Gasteiger partial charge >= 0.3 is 6.03 Å². The van der Waals surface area contributed by atoms with Gasteiger partial charge in [0, 0.05) is 0 Å². The van der Waals surface area contributed by atoms with Gasteiger partial charge in [-0.05, 0) is 24.1 Å². The quantitative estimate of drug-likeness (QED) is 0.722. The first-order valence-electron chi connectivity index (χ1n) is 9.14. The Kier molecular flexibility index (Phi) is 5.63. The molecule has 28 heavy (non-hydrogen) atoms. The number of urea groups is 1. The number of para-hydroxylation sites is 2. The van der Waals surface area contributed by atoms with Crippen molar-refractivity contribution < 1.29 is 19.1 Å². The van der Waals surface area contributed by atoms with Crippen molar-refractivity contribution in [2.24, 2.45) is 0 Å². The molecule has 3 rings (SSSR count). The number of imide groups is 1. The molecule has 2 aromatic carbocycles. The minimum absolute atomic E-state index is 0.374. The van der Waals surface area contributed by atoms with Crippen LogP contribution in [0.4, 0.5) is 10.5 Å². The number of hydrogen-bond acceptors (Lipinski definition) is 4. The van der Waals surface area contributed by atoms with Crippen molar-refractivity contribution in [3.8, 4) is 5.75 Å². The third-order valence-corrected chi connectivity index (χ3v) is 4.75. The molecular formula is C21H23N3O4. The van der Waals surface area contributed by atoms with E-state index in [1.54, 1.807) is 24.3 Å². The van der Waals surface area contributed by atoms with Crippen molar-refractivity contribution in [3.05, 3.63) is 60.2 Å². The maximum absolute atomic E-state index is 13.2. The smallest absolute Gasteiger partial charge is 0.325 e. The van der Waals surface area contributed by atoms with Crippen molar-refractivity contribution in [2.45, 2.75) is 25.3 Å². The predicted octanol–water partition coefficient (Wildman–Crippen LogP) is 2.88. The molecule has 7 heteroatoms. The van der Waals surface area contributed by atoms with Gasteiger partial charge in [-0.2, -0.15) is 0 Å². The number of anilines is 1. The summed E-state index contributed by atoms with van der Waals surface area (Å²) in [6, 6.07) is 15.5. The van der Waals surface area contributed by atoms with E-state index in [0.717, 1.165) is 4.90 Å². The van der Waals surface area contributed by atoms with Crippen LogP contribution in [0.1, 0.15) is 25.3 Å². The van der Waals surface area contributed by atoms with Gasteiger partial charge in [0.1, 0.15) is 17.8 Å². The second-order valence-corrected chi connectivity index (χ2v) is 6.59. The van der Waals surface area contributed by atoms with E-state index in [4.69, 9.17) is 4.74 Å². The number of methoxy groups -OCH3 is 1. The normalized spacial score (nSPS) is 18.7. The van der Waals surface area contributed by atoms with Crippen molar-refractivity contribution in [1.29, 1.82) is 0 Å². The molecule has 2 N–H and O–H groups in total. The number of ether oxygens (including phenoxy) is 1. The summed E-state index contributed by atoms with van der Waals surface area (Å²) in [7, 11) is 1.50. The highest BCUT2D eigenvalue weighted by atomic mass is 16.5. The number of carbonyl (C=O) groups is 3. The van der Waals surface area contributed by atoms with Gasteiger partial charge < -0.3 is 15.4 Å². The van der Waals surface area contributed by atoms with Crippen molar-refractivity contribution in [2.75, 3.05) is 19.0 Å². The maximum atomic E-state index is 13.2. The summed E-state index contributed by atoms with van der Waals surface area (Å²) in [6.07, 6.45) is 1.15. The molecule has 1 aliphatic heterocycles. The van der Waals surface area contributed by atoms with E-state index in [9.17, 15) is 14.4 Å². The third kappa shape index (κ3) is 3.55. The Balaban J connectivity index is 1.80. The number of hydrogen-bond donors (Lipinski definition) is 2. The van der Waals surface area contributed by atoms with Crippen LogP contribution < -0.4 is 15.4 Å². The number of rotatable bonds is 7. The standard InChI is InChI=1S/C21H23N3O4/c1-3-13-21(15-9-5-4-6-10-15)19(26)24(20(27)23-21)14-18(25)22-16-11-7-8-12-17(16)28-2/h4-12H,3,13-14H2,1-2H3,(H,22,25)(H,23,27)/t21-/m0/s1. The zero-order valence-corrected chi connectivity index (χ0v) is 15.9. The molecule has 0 spiro atoms. The highest BCUT2D eigenvalue weighted by Gasteiger charge is 2.52. The van der Waals surface area contributed by atoms with Crippen LogP contribution in [0, 0.1) is 0 Å². The van der Waals surface area contributed by atoms with Gasteiger partial charge in [-0.1, -0.05) is 55.8 Å². The fourth-order valence-corrected chi connectivity index (χ4v) is 3.46. The van der Waals surface area contributed by atoms with Crippen molar-refractivity contribution >= 4 is 23.5 Å². The highest BCUT2D eigenvalue weighted by Crippen LogP contribution is 2.33. The Morgan fingerprint density at radius 3 is 2.46 bits per heavy atom. The fraction of sp³-hybridized carbons (Fsp3) is 0.286. The molecule has 0 unspecified atom stereocenters. The molecular weight excluding hydrogens is 358 g/mol. The first-order valence-corrected chi connectivity index (χ1v) is 9.14. The van der Waals surface area contributed by atoms with E-state index in [1.807, 2.05) is 37.3 Å². The summed E-state index contributed by atoms with van der Waals surface area (Å²) in [6.45, 7) is 1.57. The number of benzene rings is 2. The molecule has 1 saturated heterocycles. The van der Waals surface area contributed by atoms with E-state index < -0.39 is 23.4 Å². The third-order valence-electron chi connectivity index (χ3n) is 4.75. The number of carbonyl (C=O) groups excluding carboxylic acids is 3. The maximum Gasteiger partial charge on any atom is 0.325 e. The molecule has 2 aromatic rings. The van der Waals surface area contributed by atoms with Gasteiger partial charge in [-0.25, -0.2) is 4.79 Å². The second kappa shape index (κ2) is 8.12. The van der Waals surface area contributed by atoms with Crippen molar-refractivity contribution in [3.63, 3.8) is 0 Å².